The van der Waals surface area contributed by atoms with Crippen LogP contribution in [0.15, 0.2) is 42.5 Å². The third kappa shape index (κ3) is 6.88. The molecule has 0 atom stereocenters. The molecule has 0 bridgehead atoms. The Labute approximate surface area is 112 Å². The molecule has 0 fully saturated rings. The van der Waals surface area contributed by atoms with Crippen LogP contribution in [-0.2, 0) is 16.1 Å². The van der Waals surface area contributed by atoms with E-state index in [1.54, 1.807) is 6.08 Å². The molecule has 0 heterocycles. The Morgan fingerprint density at radius 1 is 1.11 bits per heavy atom. The molecule has 0 aromatic heterocycles. The summed E-state index contributed by atoms with van der Waals surface area (Å²) in [4.78, 5) is 22.4. The van der Waals surface area contributed by atoms with Crippen molar-refractivity contribution in [3.63, 3.8) is 0 Å². The third-order valence-corrected chi connectivity index (χ3v) is 2.13. The Morgan fingerprint density at radius 2 is 1.79 bits per heavy atom. The molecule has 0 aliphatic carbocycles. The van der Waals surface area contributed by atoms with Gasteiger partial charge >= 0.3 is 12.2 Å². The monoisotopic (exact) mass is 263 g/mol. The van der Waals surface area contributed by atoms with Crippen molar-refractivity contribution in [2.75, 3.05) is 6.61 Å². The first-order valence-corrected chi connectivity index (χ1v) is 6.02. The zero-order chi connectivity index (χ0) is 13.9. The molecule has 1 rings (SSSR count). The summed E-state index contributed by atoms with van der Waals surface area (Å²) in [6.07, 6.45) is 2.78. The van der Waals surface area contributed by atoms with Gasteiger partial charge in [-0.2, -0.15) is 0 Å². The van der Waals surface area contributed by atoms with Gasteiger partial charge in [0.25, 0.3) is 0 Å². The van der Waals surface area contributed by atoms with Crippen molar-refractivity contribution in [2.45, 2.75) is 20.0 Å². The first kappa shape index (κ1) is 14.8. The number of hydrogen-bond donors (Lipinski definition) is 1. The van der Waals surface area contributed by atoms with Gasteiger partial charge in [0.1, 0.15) is 13.2 Å². The van der Waals surface area contributed by atoms with Crippen LogP contribution in [0.1, 0.15) is 18.9 Å². The molecule has 0 spiro atoms. The van der Waals surface area contributed by atoms with Gasteiger partial charge in [-0.05, 0) is 12.0 Å². The minimum Gasteiger partial charge on any atom is -0.445 e. The highest BCUT2D eigenvalue weighted by atomic mass is 16.6. The van der Waals surface area contributed by atoms with Crippen LogP contribution in [0.25, 0.3) is 0 Å². The van der Waals surface area contributed by atoms with Crippen LogP contribution >= 0.6 is 0 Å². The second-order valence-corrected chi connectivity index (χ2v) is 3.66. The maximum absolute atomic E-state index is 11.3. The number of hydrogen-bond acceptors (Lipinski definition) is 4. The average molecular weight is 263 g/mol. The highest BCUT2D eigenvalue weighted by Crippen LogP contribution is 2.00. The molecule has 1 aromatic carbocycles. The van der Waals surface area contributed by atoms with Gasteiger partial charge in [0.05, 0.1) is 0 Å². The fourth-order valence-corrected chi connectivity index (χ4v) is 1.24. The smallest absolute Gasteiger partial charge is 0.416 e. The lowest BCUT2D eigenvalue weighted by atomic mass is 10.2. The topological polar surface area (TPSA) is 64.6 Å². The summed E-state index contributed by atoms with van der Waals surface area (Å²) < 4.78 is 9.59. The standard InChI is InChI=1S/C14H17NO4/c1-2-3-7-10-18-13(16)15-14(17)19-11-12-8-5-4-6-9-12/h3-9H,2,10-11H2,1H3,(H,15,16,17)/b7-3+. The van der Waals surface area contributed by atoms with Crippen molar-refractivity contribution in [3.8, 4) is 0 Å². The lowest BCUT2D eigenvalue weighted by Gasteiger charge is -2.06. The number of imide groups is 1. The molecule has 0 saturated heterocycles. The number of alkyl carbamates (subject to hydrolysis) is 2. The molecule has 0 unspecified atom stereocenters. The van der Waals surface area contributed by atoms with Gasteiger partial charge in [0.15, 0.2) is 0 Å². The second kappa shape index (κ2) is 8.74. The lowest BCUT2D eigenvalue weighted by molar-refractivity contribution is 0.125. The van der Waals surface area contributed by atoms with Gasteiger partial charge in [-0.25, -0.2) is 14.9 Å². The van der Waals surface area contributed by atoms with Crippen molar-refractivity contribution >= 4 is 12.2 Å². The van der Waals surface area contributed by atoms with E-state index in [0.29, 0.717) is 0 Å². The Balaban J connectivity index is 2.20. The summed E-state index contributed by atoms with van der Waals surface area (Å²) in [5.74, 6) is 0. The minimum atomic E-state index is -0.826. The Hall–Kier alpha value is -2.30. The van der Waals surface area contributed by atoms with Gasteiger partial charge in [0.2, 0.25) is 0 Å². The molecular formula is C14H17NO4. The predicted octanol–water partition coefficient (Wildman–Crippen LogP) is 3.02. The molecule has 0 saturated carbocycles. The molecule has 2 amide bonds. The van der Waals surface area contributed by atoms with Gasteiger partial charge in [-0.15, -0.1) is 0 Å². The highest BCUT2D eigenvalue weighted by molar-refractivity contribution is 5.87. The lowest BCUT2D eigenvalue weighted by Crippen LogP contribution is -2.31. The number of carbonyl (C=O) groups excluding carboxylic acids is 2. The number of allylic oxidation sites excluding steroid dienone is 1. The molecule has 1 aromatic rings. The van der Waals surface area contributed by atoms with Crippen molar-refractivity contribution in [1.29, 1.82) is 0 Å². The van der Waals surface area contributed by atoms with E-state index in [4.69, 9.17) is 9.47 Å². The van der Waals surface area contributed by atoms with E-state index < -0.39 is 12.2 Å². The molecule has 19 heavy (non-hydrogen) atoms. The van der Waals surface area contributed by atoms with E-state index in [2.05, 4.69) is 0 Å². The highest BCUT2D eigenvalue weighted by Gasteiger charge is 2.08. The van der Waals surface area contributed by atoms with Crippen molar-refractivity contribution in [2.24, 2.45) is 0 Å². The fraction of sp³-hybridized carbons (Fsp3) is 0.286. The first-order valence-electron chi connectivity index (χ1n) is 6.02. The molecule has 5 nitrogen and oxygen atoms in total. The molecule has 102 valence electrons. The summed E-state index contributed by atoms with van der Waals surface area (Å²) in [6.45, 7) is 2.21. The number of nitrogens with one attached hydrogen (secondary N) is 1. The van der Waals surface area contributed by atoms with E-state index in [9.17, 15) is 9.59 Å². The number of benzene rings is 1. The summed E-state index contributed by atoms with van der Waals surface area (Å²) >= 11 is 0. The van der Waals surface area contributed by atoms with E-state index in [-0.39, 0.29) is 13.2 Å². The van der Waals surface area contributed by atoms with Crippen LogP contribution < -0.4 is 5.32 Å². The second-order valence-electron chi connectivity index (χ2n) is 3.66. The van der Waals surface area contributed by atoms with E-state index in [1.165, 1.54) is 0 Å². The van der Waals surface area contributed by atoms with Crippen LogP contribution in [-0.4, -0.2) is 18.8 Å². The molecule has 0 radical (unpaired) electrons. The summed E-state index contributed by atoms with van der Waals surface area (Å²) in [5.41, 5.74) is 0.844. The minimum absolute atomic E-state index is 0.107. The zero-order valence-corrected chi connectivity index (χ0v) is 10.8. The third-order valence-electron chi connectivity index (χ3n) is 2.13. The Bertz CT molecular complexity index is 428. The van der Waals surface area contributed by atoms with Gasteiger partial charge in [-0.1, -0.05) is 49.4 Å². The normalized spacial score (nSPS) is 10.2. The summed E-state index contributed by atoms with van der Waals surface area (Å²) in [6, 6.07) is 9.18. The van der Waals surface area contributed by atoms with Gasteiger partial charge in [-0.3, -0.25) is 0 Å². The quantitative estimate of drug-likeness (QED) is 0.829. The Morgan fingerprint density at radius 3 is 2.47 bits per heavy atom. The van der Waals surface area contributed by atoms with Crippen LogP contribution in [0.5, 0.6) is 0 Å². The fourth-order valence-electron chi connectivity index (χ4n) is 1.24. The molecule has 1 N–H and O–H groups in total. The van der Waals surface area contributed by atoms with Crippen LogP contribution in [0.3, 0.4) is 0 Å². The summed E-state index contributed by atoms with van der Waals surface area (Å²) in [7, 11) is 0. The van der Waals surface area contributed by atoms with Crippen molar-refractivity contribution < 1.29 is 19.1 Å². The zero-order valence-electron chi connectivity index (χ0n) is 10.8. The number of ether oxygens (including phenoxy) is 2. The number of carbonyl (C=O) groups is 2. The summed E-state index contributed by atoms with van der Waals surface area (Å²) in [5, 5.41) is 1.97. The average Bonchev–Trinajstić information content (AvgIpc) is 2.42. The van der Waals surface area contributed by atoms with E-state index >= 15 is 0 Å². The number of rotatable bonds is 5. The van der Waals surface area contributed by atoms with E-state index in [0.717, 1.165) is 12.0 Å². The van der Waals surface area contributed by atoms with Crippen LogP contribution in [0, 0.1) is 0 Å². The predicted molar refractivity (Wildman–Crippen MR) is 70.5 cm³/mol. The maximum Gasteiger partial charge on any atom is 0.416 e. The molecule has 0 aliphatic rings. The van der Waals surface area contributed by atoms with Crippen LogP contribution in [0.2, 0.25) is 0 Å². The molecular weight excluding hydrogens is 246 g/mol. The Kier molecular flexibility index (Phi) is 6.79. The van der Waals surface area contributed by atoms with Crippen LogP contribution in [0.4, 0.5) is 9.59 Å². The largest absolute Gasteiger partial charge is 0.445 e. The van der Waals surface area contributed by atoms with Crippen molar-refractivity contribution in [1.82, 2.24) is 5.32 Å². The van der Waals surface area contributed by atoms with E-state index in [1.807, 2.05) is 48.6 Å². The molecule has 0 aliphatic heterocycles. The molecule has 5 heteroatoms. The maximum atomic E-state index is 11.3. The SMILES string of the molecule is CC/C=C/COC(=O)NC(=O)OCc1ccccc1. The first-order chi connectivity index (χ1) is 9.22. The van der Waals surface area contributed by atoms with Gasteiger partial charge in [0, 0.05) is 0 Å². The number of amides is 2. The van der Waals surface area contributed by atoms with Crippen molar-refractivity contribution in [3.05, 3.63) is 48.0 Å². The van der Waals surface area contributed by atoms with Gasteiger partial charge < -0.3 is 9.47 Å².